The number of nitrogens with zero attached hydrogens (tertiary/aromatic N) is 2. The monoisotopic (exact) mass is 323 g/mol. The van der Waals surface area contributed by atoms with E-state index < -0.39 is 11.7 Å². The second-order valence-corrected chi connectivity index (χ2v) is 5.73. The zero-order chi connectivity index (χ0) is 15.7. The number of nitrogens with one attached hydrogen (secondary N) is 1. The predicted octanol–water partition coefficient (Wildman–Crippen LogP) is 4.63. The average Bonchev–Trinajstić information content (AvgIpc) is 2.87. The van der Waals surface area contributed by atoms with Gasteiger partial charge in [0.25, 0.3) is 0 Å². The summed E-state index contributed by atoms with van der Waals surface area (Å²) < 4.78 is 38.1. The van der Waals surface area contributed by atoms with Gasteiger partial charge < -0.3 is 5.32 Å². The third-order valence-corrected chi connectivity index (χ3v) is 4.27. The van der Waals surface area contributed by atoms with Gasteiger partial charge in [0, 0.05) is 6.54 Å². The third kappa shape index (κ3) is 2.89. The number of thiophene rings is 1. The molecule has 2 heterocycles. The highest BCUT2D eigenvalue weighted by Gasteiger charge is 2.30. The van der Waals surface area contributed by atoms with Crippen LogP contribution in [-0.2, 0) is 12.7 Å². The fourth-order valence-electron chi connectivity index (χ4n) is 2.19. The van der Waals surface area contributed by atoms with Crippen molar-refractivity contribution in [2.24, 2.45) is 0 Å². The average molecular weight is 323 g/mol. The Hall–Kier alpha value is -2.15. The summed E-state index contributed by atoms with van der Waals surface area (Å²) in [7, 11) is 0. The summed E-state index contributed by atoms with van der Waals surface area (Å²) in [5.74, 6) is 0.640. The van der Waals surface area contributed by atoms with Gasteiger partial charge in [0.05, 0.1) is 10.9 Å². The molecule has 0 aliphatic heterocycles. The van der Waals surface area contributed by atoms with E-state index in [4.69, 9.17) is 0 Å². The standard InChI is InChI=1S/C15H12F3N3S/c1-9-7-22-14-12(9)13(20-8-21-14)19-6-10-3-2-4-11(5-10)15(16,17)18/h2-5,7-8H,6H2,1H3,(H,19,20,21). The molecule has 0 aliphatic rings. The fourth-order valence-corrected chi connectivity index (χ4v) is 3.08. The lowest BCUT2D eigenvalue weighted by molar-refractivity contribution is -0.137. The smallest absolute Gasteiger partial charge is 0.365 e. The van der Waals surface area contributed by atoms with Crippen molar-refractivity contribution >= 4 is 27.4 Å². The van der Waals surface area contributed by atoms with E-state index in [9.17, 15) is 13.2 Å². The number of benzene rings is 1. The van der Waals surface area contributed by atoms with Crippen LogP contribution in [0.4, 0.5) is 19.0 Å². The molecule has 7 heteroatoms. The van der Waals surface area contributed by atoms with Crippen LogP contribution >= 0.6 is 11.3 Å². The van der Waals surface area contributed by atoms with E-state index in [-0.39, 0.29) is 6.54 Å². The number of hydrogen-bond acceptors (Lipinski definition) is 4. The lowest BCUT2D eigenvalue weighted by Gasteiger charge is -2.10. The number of anilines is 1. The first-order chi connectivity index (χ1) is 10.4. The number of hydrogen-bond donors (Lipinski definition) is 1. The maximum absolute atomic E-state index is 12.7. The first kappa shape index (κ1) is 14.8. The Morgan fingerprint density at radius 3 is 2.82 bits per heavy atom. The second-order valence-electron chi connectivity index (χ2n) is 4.87. The van der Waals surface area contributed by atoms with Crippen LogP contribution in [0.3, 0.4) is 0 Å². The van der Waals surface area contributed by atoms with Crippen LogP contribution in [0, 0.1) is 6.92 Å². The third-order valence-electron chi connectivity index (χ3n) is 3.27. The van der Waals surface area contributed by atoms with E-state index in [0.29, 0.717) is 11.4 Å². The number of alkyl halides is 3. The molecular weight excluding hydrogens is 311 g/mol. The van der Waals surface area contributed by atoms with Crippen molar-refractivity contribution in [2.75, 3.05) is 5.32 Å². The Kier molecular flexibility index (Phi) is 3.74. The Bertz CT molecular complexity index is 811. The highest BCUT2D eigenvalue weighted by molar-refractivity contribution is 7.17. The predicted molar refractivity (Wildman–Crippen MR) is 80.9 cm³/mol. The lowest BCUT2D eigenvalue weighted by Crippen LogP contribution is -2.07. The molecule has 0 bridgehead atoms. The van der Waals surface area contributed by atoms with Crippen LogP contribution in [0.2, 0.25) is 0 Å². The van der Waals surface area contributed by atoms with Crippen molar-refractivity contribution in [2.45, 2.75) is 19.6 Å². The molecule has 22 heavy (non-hydrogen) atoms. The van der Waals surface area contributed by atoms with Gasteiger partial charge in [0.2, 0.25) is 0 Å². The van der Waals surface area contributed by atoms with Gasteiger partial charge in [-0.1, -0.05) is 12.1 Å². The highest BCUT2D eigenvalue weighted by atomic mass is 32.1. The molecular formula is C15H12F3N3S. The molecule has 0 fully saturated rings. The van der Waals surface area contributed by atoms with Gasteiger partial charge >= 0.3 is 6.18 Å². The van der Waals surface area contributed by atoms with Gasteiger partial charge in [0.15, 0.2) is 0 Å². The summed E-state index contributed by atoms with van der Waals surface area (Å²) in [4.78, 5) is 9.23. The molecule has 3 rings (SSSR count). The Balaban J connectivity index is 1.84. The normalized spacial score (nSPS) is 11.8. The molecule has 3 aromatic rings. The van der Waals surface area contributed by atoms with Crippen LogP contribution in [0.5, 0.6) is 0 Å². The lowest BCUT2D eigenvalue weighted by atomic mass is 10.1. The van der Waals surface area contributed by atoms with Crippen molar-refractivity contribution in [3.05, 3.63) is 52.7 Å². The Labute approximate surface area is 128 Å². The molecule has 0 saturated heterocycles. The first-order valence-corrected chi connectivity index (χ1v) is 7.42. The number of fused-ring (bicyclic) bond motifs is 1. The summed E-state index contributed by atoms with van der Waals surface area (Å²) in [5, 5.41) is 5.99. The van der Waals surface area contributed by atoms with Crippen molar-refractivity contribution < 1.29 is 13.2 Å². The molecule has 0 radical (unpaired) electrons. The molecule has 114 valence electrons. The summed E-state index contributed by atoms with van der Waals surface area (Å²) >= 11 is 1.52. The zero-order valence-corrected chi connectivity index (χ0v) is 12.4. The van der Waals surface area contributed by atoms with Gasteiger partial charge in [-0.25, -0.2) is 9.97 Å². The van der Waals surface area contributed by atoms with E-state index in [2.05, 4.69) is 15.3 Å². The van der Waals surface area contributed by atoms with Crippen LogP contribution in [0.1, 0.15) is 16.7 Å². The van der Waals surface area contributed by atoms with Crippen molar-refractivity contribution in [1.82, 2.24) is 9.97 Å². The van der Waals surface area contributed by atoms with Gasteiger partial charge in [-0.2, -0.15) is 13.2 Å². The summed E-state index contributed by atoms with van der Waals surface area (Å²) in [6.45, 7) is 2.23. The molecule has 0 unspecified atom stereocenters. The van der Waals surface area contributed by atoms with Crippen LogP contribution < -0.4 is 5.32 Å². The molecule has 2 aromatic heterocycles. The highest BCUT2D eigenvalue weighted by Crippen LogP contribution is 2.31. The van der Waals surface area contributed by atoms with E-state index in [1.54, 1.807) is 6.07 Å². The molecule has 0 aliphatic carbocycles. The largest absolute Gasteiger partial charge is 0.416 e. The Morgan fingerprint density at radius 2 is 2.05 bits per heavy atom. The summed E-state index contributed by atoms with van der Waals surface area (Å²) in [6, 6.07) is 5.27. The van der Waals surface area contributed by atoms with E-state index in [1.807, 2.05) is 12.3 Å². The van der Waals surface area contributed by atoms with Crippen LogP contribution in [-0.4, -0.2) is 9.97 Å². The fraction of sp³-hybridized carbons (Fsp3) is 0.200. The molecule has 3 nitrogen and oxygen atoms in total. The van der Waals surface area contributed by atoms with E-state index in [0.717, 1.165) is 27.9 Å². The van der Waals surface area contributed by atoms with Crippen LogP contribution in [0.25, 0.3) is 10.2 Å². The quantitative estimate of drug-likeness (QED) is 0.763. The SMILES string of the molecule is Cc1csc2ncnc(NCc3cccc(C(F)(F)F)c3)c12. The van der Waals surface area contributed by atoms with Gasteiger partial charge in [-0.05, 0) is 35.6 Å². The minimum Gasteiger partial charge on any atom is -0.365 e. The van der Waals surface area contributed by atoms with Gasteiger partial charge in [-0.15, -0.1) is 11.3 Å². The van der Waals surface area contributed by atoms with Crippen molar-refractivity contribution in [3.63, 3.8) is 0 Å². The minimum absolute atomic E-state index is 0.269. The number of aromatic nitrogens is 2. The maximum atomic E-state index is 12.7. The first-order valence-electron chi connectivity index (χ1n) is 6.54. The van der Waals surface area contributed by atoms with E-state index >= 15 is 0 Å². The molecule has 0 atom stereocenters. The summed E-state index contributed by atoms with van der Waals surface area (Å²) in [5.41, 5.74) is 0.952. The number of halogens is 3. The summed E-state index contributed by atoms with van der Waals surface area (Å²) in [6.07, 6.45) is -2.88. The Morgan fingerprint density at radius 1 is 1.23 bits per heavy atom. The topological polar surface area (TPSA) is 37.8 Å². The molecule has 1 N–H and O–H groups in total. The maximum Gasteiger partial charge on any atom is 0.416 e. The number of rotatable bonds is 3. The van der Waals surface area contributed by atoms with Gasteiger partial charge in [-0.3, -0.25) is 0 Å². The minimum atomic E-state index is -4.33. The van der Waals surface area contributed by atoms with E-state index in [1.165, 1.54) is 23.7 Å². The molecule has 0 saturated carbocycles. The van der Waals surface area contributed by atoms with Crippen molar-refractivity contribution in [1.29, 1.82) is 0 Å². The molecule has 1 aromatic carbocycles. The number of aryl methyl sites for hydroxylation is 1. The molecule has 0 amide bonds. The second kappa shape index (κ2) is 5.57. The van der Waals surface area contributed by atoms with Crippen molar-refractivity contribution in [3.8, 4) is 0 Å². The zero-order valence-electron chi connectivity index (χ0n) is 11.6. The molecule has 0 spiro atoms. The van der Waals surface area contributed by atoms with Gasteiger partial charge in [0.1, 0.15) is 17.0 Å². The van der Waals surface area contributed by atoms with Crippen LogP contribution in [0.15, 0.2) is 36.0 Å².